The van der Waals surface area contributed by atoms with Gasteiger partial charge >= 0.3 is 0 Å². The third-order valence-corrected chi connectivity index (χ3v) is 4.12. The molecule has 3 rings (SSSR count). The first-order chi connectivity index (χ1) is 11.2. The average molecular weight is 310 g/mol. The third-order valence-electron chi connectivity index (χ3n) is 4.12. The van der Waals surface area contributed by atoms with E-state index in [-0.39, 0.29) is 5.91 Å². The van der Waals surface area contributed by atoms with Gasteiger partial charge in [-0.3, -0.25) is 14.8 Å². The number of hydrogen-bond acceptors (Lipinski definition) is 3. The van der Waals surface area contributed by atoms with Crippen molar-refractivity contribution in [2.45, 2.75) is 18.8 Å². The fourth-order valence-electron chi connectivity index (χ4n) is 2.97. The summed E-state index contributed by atoms with van der Waals surface area (Å²) in [6, 6.07) is 16.6. The Bertz CT molecular complexity index is 698. The zero-order valence-corrected chi connectivity index (χ0v) is 12.6. The van der Waals surface area contributed by atoms with Gasteiger partial charge in [-0.25, -0.2) is 5.48 Å². The quantitative estimate of drug-likeness (QED) is 0.673. The first-order valence-corrected chi connectivity index (χ1v) is 7.60. The first kappa shape index (κ1) is 15.2. The van der Waals surface area contributed by atoms with Crippen LogP contribution in [0.5, 0.6) is 0 Å². The SMILES string of the molecule is O=C(NO)C(c1ccccc1)c1ccc(N2CCCC2=O)cc1. The Hall–Kier alpha value is -2.66. The van der Waals surface area contributed by atoms with Crippen LogP contribution in [0.15, 0.2) is 54.6 Å². The highest BCUT2D eigenvalue weighted by Gasteiger charge is 2.24. The first-order valence-electron chi connectivity index (χ1n) is 7.60. The summed E-state index contributed by atoms with van der Waals surface area (Å²) in [5.74, 6) is -0.948. The largest absolute Gasteiger partial charge is 0.312 e. The Kier molecular flexibility index (Phi) is 4.39. The van der Waals surface area contributed by atoms with Gasteiger partial charge in [-0.05, 0) is 29.7 Å². The van der Waals surface area contributed by atoms with Crippen LogP contribution in [0.4, 0.5) is 5.69 Å². The molecular weight excluding hydrogens is 292 g/mol. The topological polar surface area (TPSA) is 69.6 Å². The van der Waals surface area contributed by atoms with Crippen molar-refractivity contribution >= 4 is 17.5 Å². The minimum Gasteiger partial charge on any atom is -0.312 e. The van der Waals surface area contributed by atoms with Crippen molar-refractivity contribution in [3.8, 4) is 0 Å². The Morgan fingerprint density at radius 2 is 1.70 bits per heavy atom. The predicted molar refractivity (Wildman–Crippen MR) is 86.2 cm³/mol. The molecule has 1 atom stereocenters. The second-order valence-electron chi connectivity index (χ2n) is 5.56. The number of amides is 2. The van der Waals surface area contributed by atoms with Gasteiger partial charge in [0.1, 0.15) is 0 Å². The number of hydrogen-bond donors (Lipinski definition) is 2. The molecule has 5 nitrogen and oxygen atoms in total. The highest BCUT2D eigenvalue weighted by Crippen LogP contribution is 2.28. The van der Waals surface area contributed by atoms with Gasteiger partial charge in [0.25, 0.3) is 5.91 Å². The van der Waals surface area contributed by atoms with Crippen LogP contribution < -0.4 is 10.4 Å². The lowest BCUT2D eigenvalue weighted by molar-refractivity contribution is -0.129. The number of carbonyl (C=O) groups excluding carboxylic acids is 2. The number of carbonyl (C=O) groups is 2. The zero-order chi connectivity index (χ0) is 16.2. The minimum absolute atomic E-state index is 0.130. The Morgan fingerprint density at radius 3 is 2.26 bits per heavy atom. The van der Waals surface area contributed by atoms with E-state index in [4.69, 9.17) is 5.21 Å². The third kappa shape index (κ3) is 3.10. The summed E-state index contributed by atoms with van der Waals surface area (Å²) in [5.41, 5.74) is 4.13. The van der Waals surface area contributed by atoms with E-state index < -0.39 is 11.8 Å². The molecule has 0 bridgehead atoms. The molecule has 2 aromatic carbocycles. The number of benzene rings is 2. The van der Waals surface area contributed by atoms with Crippen molar-refractivity contribution in [2.24, 2.45) is 0 Å². The summed E-state index contributed by atoms with van der Waals surface area (Å²) in [6.07, 6.45) is 1.46. The van der Waals surface area contributed by atoms with Crippen LogP contribution in [-0.4, -0.2) is 23.6 Å². The van der Waals surface area contributed by atoms with E-state index >= 15 is 0 Å². The molecule has 1 fully saturated rings. The summed E-state index contributed by atoms with van der Waals surface area (Å²) in [6.45, 7) is 0.734. The van der Waals surface area contributed by atoms with Gasteiger partial charge in [0.15, 0.2) is 0 Å². The van der Waals surface area contributed by atoms with Crippen molar-refractivity contribution in [1.82, 2.24) is 5.48 Å². The zero-order valence-electron chi connectivity index (χ0n) is 12.6. The van der Waals surface area contributed by atoms with Crippen LogP contribution in [0.1, 0.15) is 29.9 Å². The van der Waals surface area contributed by atoms with Gasteiger partial charge < -0.3 is 4.90 Å². The van der Waals surface area contributed by atoms with Crippen LogP contribution in [0.2, 0.25) is 0 Å². The lowest BCUT2D eigenvalue weighted by Crippen LogP contribution is -2.27. The van der Waals surface area contributed by atoms with E-state index in [9.17, 15) is 9.59 Å². The highest BCUT2D eigenvalue weighted by molar-refractivity contribution is 5.95. The monoisotopic (exact) mass is 310 g/mol. The maximum atomic E-state index is 12.1. The summed E-state index contributed by atoms with van der Waals surface area (Å²) in [7, 11) is 0. The van der Waals surface area contributed by atoms with Crippen LogP contribution >= 0.6 is 0 Å². The van der Waals surface area contributed by atoms with Crippen molar-refractivity contribution in [3.63, 3.8) is 0 Å². The Balaban J connectivity index is 1.91. The number of nitrogens with zero attached hydrogens (tertiary/aromatic N) is 1. The molecule has 0 aliphatic carbocycles. The van der Waals surface area contributed by atoms with Crippen molar-refractivity contribution in [1.29, 1.82) is 0 Å². The molecule has 2 aromatic rings. The van der Waals surface area contributed by atoms with E-state index in [0.717, 1.165) is 29.8 Å². The molecule has 1 unspecified atom stereocenters. The maximum Gasteiger partial charge on any atom is 0.255 e. The van der Waals surface area contributed by atoms with E-state index in [2.05, 4.69) is 0 Å². The lowest BCUT2D eigenvalue weighted by Gasteiger charge is -2.19. The average Bonchev–Trinajstić information content (AvgIpc) is 3.02. The van der Waals surface area contributed by atoms with Crippen LogP contribution in [0.3, 0.4) is 0 Å². The molecule has 23 heavy (non-hydrogen) atoms. The second-order valence-corrected chi connectivity index (χ2v) is 5.56. The van der Waals surface area contributed by atoms with E-state index in [0.29, 0.717) is 6.42 Å². The molecule has 2 amide bonds. The predicted octanol–water partition coefficient (Wildman–Crippen LogP) is 2.45. The van der Waals surface area contributed by atoms with Crippen molar-refractivity contribution < 1.29 is 14.8 Å². The van der Waals surface area contributed by atoms with Gasteiger partial charge in [-0.2, -0.15) is 0 Å². The molecule has 1 aliphatic heterocycles. The summed E-state index contributed by atoms with van der Waals surface area (Å²) in [5, 5.41) is 9.04. The number of nitrogens with one attached hydrogen (secondary N) is 1. The van der Waals surface area contributed by atoms with Gasteiger partial charge in [-0.1, -0.05) is 42.5 Å². The fourth-order valence-corrected chi connectivity index (χ4v) is 2.97. The van der Waals surface area contributed by atoms with E-state index in [1.54, 1.807) is 10.4 Å². The Morgan fingerprint density at radius 1 is 1.04 bits per heavy atom. The van der Waals surface area contributed by atoms with Crippen LogP contribution in [-0.2, 0) is 9.59 Å². The smallest absolute Gasteiger partial charge is 0.255 e. The van der Waals surface area contributed by atoms with Crippen LogP contribution in [0, 0.1) is 0 Å². The summed E-state index contributed by atoms with van der Waals surface area (Å²) >= 11 is 0. The number of hydroxylamine groups is 1. The standard InChI is InChI=1S/C18H18N2O3/c21-16-7-4-12-20(16)15-10-8-14(9-11-15)17(18(22)19-23)13-5-2-1-3-6-13/h1-3,5-6,8-11,17,23H,4,7,12H2,(H,19,22). The maximum absolute atomic E-state index is 12.1. The molecule has 118 valence electrons. The normalized spacial score (nSPS) is 15.5. The van der Waals surface area contributed by atoms with Gasteiger partial charge in [-0.15, -0.1) is 0 Å². The van der Waals surface area contributed by atoms with Gasteiger partial charge in [0.2, 0.25) is 5.91 Å². The minimum atomic E-state index is -0.593. The summed E-state index contributed by atoms with van der Waals surface area (Å²) in [4.78, 5) is 25.6. The molecular formula is C18H18N2O3. The van der Waals surface area contributed by atoms with E-state index in [1.807, 2.05) is 54.6 Å². The highest BCUT2D eigenvalue weighted by atomic mass is 16.5. The van der Waals surface area contributed by atoms with E-state index in [1.165, 1.54) is 0 Å². The lowest BCUT2D eigenvalue weighted by atomic mass is 9.90. The van der Waals surface area contributed by atoms with Gasteiger partial charge in [0.05, 0.1) is 5.92 Å². The Labute approximate surface area is 134 Å². The molecule has 5 heteroatoms. The molecule has 0 saturated carbocycles. The number of rotatable bonds is 4. The summed E-state index contributed by atoms with van der Waals surface area (Å²) < 4.78 is 0. The molecule has 1 heterocycles. The number of anilines is 1. The van der Waals surface area contributed by atoms with Crippen molar-refractivity contribution in [3.05, 3.63) is 65.7 Å². The van der Waals surface area contributed by atoms with Crippen LogP contribution in [0.25, 0.3) is 0 Å². The molecule has 0 spiro atoms. The molecule has 1 saturated heterocycles. The van der Waals surface area contributed by atoms with Crippen molar-refractivity contribution in [2.75, 3.05) is 11.4 Å². The molecule has 1 aliphatic rings. The molecule has 0 radical (unpaired) electrons. The fraction of sp³-hybridized carbons (Fsp3) is 0.222. The second kappa shape index (κ2) is 6.62. The molecule has 0 aromatic heterocycles. The van der Waals surface area contributed by atoms with Gasteiger partial charge in [0, 0.05) is 18.7 Å². The molecule has 2 N–H and O–H groups in total.